The summed E-state index contributed by atoms with van der Waals surface area (Å²) < 4.78 is 13.8. The quantitative estimate of drug-likeness (QED) is 0.899. The Morgan fingerprint density at radius 3 is 3.09 bits per heavy atom. The lowest BCUT2D eigenvalue weighted by molar-refractivity contribution is 0.180. The van der Waals surface area contributed by atoms with Crippen molar-refractivity contribution in [3.8, 4) is 0 Å². The van der Waals surface area contributed by atoms with Gasteiger partial charge in [-0.05, 0) is 37.7 Å². The summed E-state index contributed by atoms with van der Waals surface area (Å²) in [6, 6.07) is 3.34. The number of hydrogen-bond acceptors (Lipinski definition) is 4. The van der Waals surface area contributed by atoms with Crippen LogP contribution in [0.2, 0.25) is 0 Å². The Labute approximate surface area is 140 Å². The lowest BCUT2D eigenvalue weighted by Crippen LogP contribution is -2.49. The average Bonchev–Trinajstić information content (AvgIpc) is 2.88. The zero-order valence-electron chi connectivity index (χ0n) is 13.4. The topological polar surface area (TPSA) is 48.5 Å². The molecule has 126 valence electrons. The van der Waals surface area contributed by atoms with E-state index >= 15 is 0 Å². The zero-order valence-corrected chi connectivity index (χ0v) is 14.2. The van der Waals surface area contributed by atoms with Gasteiger partial charge < -0.3 is 15.1 Å². The average molecular weight is 338 g/mol. The standard InChI is InChI=1S/C16H23FN4OS/c1-12-5-9-23-10-8-21(12)16(22)19-13-4-7-20(11-13)15-14(17)3-2-6-18-15/h2-3,6,12-13H,4-5,7-11H2,1H3,(H,19,22). The number of nitrogens with one attached hydrogen (secondary N) is 1. The molecule has 23 heavy (non-hydrogen) atoms. The largest absolute Gasteiger partial charge is 0.352 e. The van der Waals surface area contributed by atoms with Gasteiger partial charge in [0.1, 0.15) is 0 Å². The lowest BCUT2D eigenvalue weighted by atomic mass is 10.2. The van der Waals surface area contributed by atoms with E-state index in [0.29, 0.717) is 18.9 Å². The van der Waals surface area contributed by atoms with Crippen LogP contribution in [0.1, 0.15) is 19.8 Å². The molecular weight excluding hydrogens is 315 g/mol. The fourth-order valence-electron chi connectivity index (χ4n) is 3.13. The van der Waals surface area contributed by atoms with E-state index in [1.165, 1.54) is 6.07 Å². The fraction of sp³-hybridized carbons (Fsp3) is 0.625. The number of carbonyl (C=O) groups excluding carboxylic acids is 1. The van der Waals surface area contributed by atoms with E-state index in [1.54, 1.807) is 12.3 Å². The van der Waals surface area contributed by atoms with Crippen molar-refractivity contribution in [2.75, 3.05) is 36.0 Å². The first-order chi connectivity index (χ1) is 11.1. The summed E-state index contributed by atoms with van der Waals surface area (Å²) in [5.74, 6) is 2.18. The first kappa shape index (κ1) is 16.4. The third-order valence-corrected chi connectivity index (χ3v) is 5.50. The minimum atomic E-state index is -0.308. The van der Waals surface area contributed by atoms with Gasteiger partial charge in [0.15, 0.2) is 11.6 Å². The van der Waals surface area contributed by atoms with Crippen LogP contribution in [-0.4, -0.2) is 59.1 Å². The second kappa shape index (κ2) is 7.38. The molecule has 0 aromatic carbocycles. The molecule has 0 bridgehead atoms. The van der Waals surface area contributed by atoms with E-state index in [0.717, 1.165) is 30.9 Å². The molecule has 2 aliphatic rings. The Kier molecular flexibility index (Phi) is 5.25. The molecule has 2 fully saturated rings. The van der Waals surface area contributed by atoms with E-state index in [2.05, 4.69) is 17.2 Å². The number of nitrogens with zero attached hydrogens (tertiary/aromatic N) is 3. The van der Waals surface area contributed by atoms with E-state index in [9.17, 15) is 9.18 Å². The Balaban J connectivity index is 1.57. The molecule has 0 aliphatic carbocycles. The molecule has 2 atom stereocenters. The number of hydrogen-bond donors (Lipinski definition) is 1. The van der Waals surface area contributed by atoms with Crippen LogP contribution in [0.25, 0.3) is 0 Å². The minimum Gasteiger partial charge on any atom is -0.352 e. The zero-order chi connectivity index (χ0) is 16.2. The van der Waals surface area contributed by atoms with Gasteiger partial charge in [-0.25, -0.2) is 14.2 Å². The first-order valence-electron chi connectivity index (χ1n) is 8.15. The SMILES string of the molecule is CC1CCSCCN1C(=O)NC1CCN(c2ncccc2F)C1. The molecule has 2 aliphatic heterocycles. The lowest BCUT2D eigenvalue weighted by Gasteiger charge is -2.28. The molecule has 3 heterocycles. The van der Waals surface area contributed by atoms with Crippen LogP contribution in [0, 0.1) is 5.82 Å². The minimum absolute atomic E-state index is 0.00772. The maximum atomic E-state index is 13.8. The summed E-state index contributed by atoms with van der Waals surface area (Å²) in [7, 11) is 0. The highest BCUT2D eigenvalue weighted by Crippen LogP contribution is 2.21. The van der Waals surface area contributed by atoms with Crippen LogP contribution in [0.4, 0.5) is 15.0 Å². The van der Waals surface area contributed by atoms with Crippen molar-refractivity contribution in [1.82, 2.24) is 15.2 Å². The number of rotatable bonds is 2. The summed E-state index contributed by atoms with van der Waals surface area (Å²) in [5.41, 5.74) is 0. The van der Waals surface area contributed by atoms with Gasteiger partial charge in [0.05, 0.1) is 0 Å². The van der Waals surface area contributed by atoms with E-state index in [-0.39, 0.29) is 23.9 Å². The van der Waals surface area contributed by atoms with E-state index < -0.39 is 0 Å². The van der Waals surface area contributed by atoms with Crippen molar-refractivity contribution in [3.05, 3.63) is 24.1 Å². The van der Waals surface area contributed by atoms with Gasteiger partial charge in [-0.2, -0.15) is 11.8 Å². The number of carbonyl (C=O) groups is 1. The van der Waals surface area contributed by atoms with Gasteiger partial charge in [0.2, 0.25) is 0 Å². The number of anilines is 1. The fourth-order valence-corrected chi connectivity index (χ4v) is 4.17. The van der Waals surface area contributed by atoms with Gasteiger partial charge in [0, 0.05) is 43.7 Å². The number of thioether (sulfide) groups is 1. The highest BCUT2D eigenvalue weighted by molar-refractivity contribution is 7.99. The van der Waals surface area contributed by atoms with Crippen LogP contribution < -0.4 is 10.2 Å². The number of halogens is 1. The van der Waals surface area contributed by atoms with Crippen molar-refractivity contribution < 1.29 is 9.18 Å². The van der Waals surface area contributed by atoms with Crippen LogP contribution in [0.3, 0.4) is 0 Å². The summed E-state index contributed by atoms with van der Waals surface area (Å²) in [6.07, 6.45) is 3.45. The summed E-state index contributed by atoms with van der Waals surface area (Å²) >= 11 is 1.90. The predicted molar refractivity (Wildman–Crippen MR) is 91.5 cm³/mol. The van der Waals surface area contributed by atoms with Gasteiger partial charge in [-0.3, -0.25) is 0 Å². The second-order valence-electron chi connectivity index (χ2n) is 6.13. The van der Waals surface area contributed by atoms with Crippen LogP contribution in [-0.2, 0) is 0 Å². The summed E-state index contributed by atoms with van der Waals surface area (Å²) in [6.45, 7) is 4.22. The Hall–Kier alpha value is -1.50. The van der Waals surface area contributed by atoms with Gasteiger partial charge >= 0.3 is 6.03 Å². The van der Waals surface area contributed by atoms with Crippen LogP contribution in [0.15, 0.2) is 18.3 Å². The Morgan fingerprint density at radius 1 is 1.39 bits per heavy atom. The van der Waals surface area contributed by atoms with E-state index in [1.807, 2.05) is 21.6 Å². The molecule has 1 N–H and O–H groups in total. The van der Waals surface area contributed by atoms with Crippen molar-refractivity contribution in [2.24, 2.45) is 0 Å². The Morgan fingerprint density at radius 2 is 2.26 bits per heavy atom. The Bertz CT molecular complexity index is 559. The molecule has 1 aromatic rings. The predicted octanol–water partition coefficient (Wildman–Crippen LogP) is 2.34. The third-order valence-electron chi connectivity index (χ3n) is 4.50. The highest BCUT2D eigenvalue weighted by Gasteiger charge is 2.29. The molecule has 2 amide bonds. The molecular formula is C16H23FN4OS. The van der Waals surface area contributed by atoms with Gasteiger partial charge in [-0.1, -0.05) is 0 Å². The van der Waals surface area contributed by atoms with Gasteiger partial charge in [0.25, 0.3) is 0 Å². The van der Waals surface area contributed by atoms with Crippen molar-refractivity contribution in [3.63, 3.8) is 0 Å². The van der Waals surface area contributed by atoms with Gasteiger partial charge in [-0.15, -0.1) is 0 Å². The maximum absolute atomic E-state index is 13.8. The second-order valence-corrected chi connectivity index (χ2v) is 7.36. The van der Waals surface area contributed by atoms with Crippen LogP contribution >= 0.6 is 11.8 Å². The molecule has 1 aromatic heterocycles. The number of amides is 2. The van der Waals surface area contributed by atoms with Crippen molar-refractivity contribution in [1.29, 1.82) is 0 Å². The van der Waals surface area contributed by atoms with Crippen LogP contribution in [0.5, 0.6) is 0 Å². The number of pyridine rings is 1. The monoisotopic (exact) mass is 338 g/mol. The number of urea groups is 1. The normalized spacial score (nSPS) is 25.3. The third kappa shape index (κ3) is 3.88. The molecule has 7 heteroatoms. The van der Waals surface area contributed by atoms with E-state index in [4.69, 9.17) is 0 Å². The smallest absolute Gasteiger partial charge is 0.317 e. The number of aromatic nitrogens is 1. The van der Waals surface area contributed by atoms with Crippen molar-refractivity contribution >= 4 is 23.6 Å². The molecule has 0 spiro atoms. The first-order valence-corrected chi connectivity index (χ1v) is 9.31. The molecule has 0 radical (unpaired) electrons. The highest BCUT2D eigenvalue weighted by atomic mass is 32.2. The molecule has 5 nitrogen and oxygen atoms in total. The molecule has 2 saturated heterocycles. The summed E-state index contributed by atoms with van der Waals surface area (Å²) in [4.78, 5) is 20.5. The molecule has 3 rings (SSSR count). The van der Waals surface area contributed by atoms with Crippen molar-refractivity contribution in [2.45, 2.75) is 31.8 Å². The summed E-state index contributed by atoms with van der Waals surface area (Å²) in [5, 5.41) is 3.11. The molecule has 0 saturated carbocycles. The molecule has 2 unspecified atom stereocenters. The maximum Gasteiger partial charge on any atom is 0.317 e.